The topological polar surface area (TPSA) is 112 Å². The van der Waals surface area contributed by atoms with Crippen LogP contribution in [0.15, 0.2) is 35.4 Å². The van der Waals surface area contributed by atoms with E-state index >= 15 is 0 Å². The summed E-state index contributed by atoms with van der Waals surface area (Å²) in [5.74, 6) is 0.119. The van der Waals surface area contributed by atoms with Gasteiger partial charge in [0.1, 0.15) is 5.69 Å². The van der Waals surface area contributed by atoms with Gasteiger partial charge in [-0.25, -0.2) is 4.79 Å². The van der Waals surface area contributed by atoms with Crippen LogP contribution < -0.4 is 14.9 Å². The molecule has 13 heteroatoms. The maximum atomic E-state index is 12.8. The Kier molecular flexibility index (Phi) is 9.25. The van der Waals surface area contributed by atoms with Gasteiger partial charge in [-0.2, -0.15) is 18.3 Å². The van der Waals surface area contributed by atoms with Gasteiger partial charge < -0.3 is 14.2 Å². The quantitative estimate of drug-likeness (QED) is 0.138. The van der Waals surface area contributed by atoms with E-state index in [4.69, 9.17) is 14.2 Å². The summed E-state index contributed by atoms with van der Waals surface area (Å²) in [7, 11) is 0. The number of rotatable bonds is 10. The van der Waals surface area contributed by atoms with Crippen molar-refractivity contribution in [3.8, 4) is 11.5 Å². The first-order valence-electron chi connectivity index (χ1n) is 9.46. The smallest absolute Gasteiger partial charge is 0.416 e. The van der Waals surface area contributed by atoms with Crippen LogP contribution in [0.25, 0.3) is 0 Å². The SMILES string of the molecule is CCOC(=O)COc1c(I)cc(/C=N\Nc2ccc(C(F)(F)F)cc2[N+](=O)[O-])cc1OCC. The molecule has 1 N–H and O–H groups in total. The summed E-state index contributed by atoms with van der Waals surface area (Å²) in [4.78, 5) is 21.8. The van der Waals surface area contributed by atoms with Gasteiger partial charge in [0, 0.05) is 6.07 Å². The number of halogens is 4. The van der Waals surface area contributed by atoms with E-state index in [2.05, 4.69) is 10.5 Å². The summed E-state index contributed by atoms with van der Waals surface area (Å²) >= 11 is 1.97. The first kappa shape index (κ1) is 26.2. The van der Waals surface area contributed by atoms with Crippen molar-refractivity contribution < 1.29 is 37.1 Å². The number of anilines is 1. The second-order valence-corrected chi connectivity index (χ2v) is 7.38. The second kappa shape index (κ2) is 11.7. The molecule has 178 valence electrons. The summed E-state index contributed by atoms with van der Waals surface area (Å²) < 4.78 is 54.9. The molecule has 0 unspecified atom stereocenters. The van der Waals surface area contributed by atoms with Crippen molar-refractivity contribution in [1.29, 1.82) is 0 Å². The van der Waals surface area contributed by atoms with E-state index in [1.54, 1.807) is 26.0 Å². The molecule has 2 aromatic carbocycles. The molecule has 0 aliphatic heterocycles. The number of alkyl halides is 3. The van der Waals surface area contributed by atoms with Crippen molar-refractivity contribution in [3.63, 3.8) is 0 Å². The van der Waals surface area contributed by atoms with Crippen molar-refractivity contribution >= 4 is 46.1 Å². The number of nitrogens with zero attached hydrogens (tertiary/aromatic N) is 2. The molecule has 0 aliphatic carbocycles. The maximum absolute atomic E-state index is 12.8. The zero-order valence-corrected chi connectivity index (χ0v) is 19.6. The number of nitro groups is 1. The molecule has 0 heterocycles. The summed E-state index contributed by atoms with van der Waals surface area (Å²) in [6, 6.07) is 5.30. The van der Waals surface area contributed by atoms with Crippen LogP contribution in [0.5, 0.6) is 11.5 Å². The summed E-state index contributed by atoms with van der Waals surface area (Å²) in [5.41, 5.74) is 0.774. The third-order valence-corrected chi connectivity index (χ3v) is 4.69. The number of nitro benzene ring substituents is 1. The van der Waals surface area contributed by atoms with Crippen LogP contribution in [0.2, 0.25) is 0 Å². The first-order chi connectivity index (χ1) is 15.6. The Bertz CT molecular complexity index is 1050. The van der Waals surface area contributed by atoms with Crippen LogP contribution in [-0.2, 0) is 15.7 Å². The maximum Gasteiger partial charge on any atom is 0.416 e. The molecule has 33 heavy (non-hydrogen) atoms. The lowest BCUT2D eigenvalue weighted by Gasteiger charge is -2.14. The highest BCUT2D eigenvalue weighted by Crippen LogP contribution is 2.36. The van der Waals surface area contributed by atoms with Gasteiger partial charge in [0.05, 0.1) is 33.5 Å². The zero-order chi connectivity index (χ0) is 24.6. The molecule has 9 nitrogen and oxygen atoms in total. The number of carbonyl (C=O) groups excluding carboxylic acids is 1. The number of hydrogen-bond donors (Lipinski definition) is 1. The zero-order valence-electron chi connectivity index (χ0n) is 17.4. The van der Waals surface area contributed by atoms with Crippen LogP contribution in [0.4, 0.5) is 24.5 Å². The molecule has 0 spiro atoms. The van der Waals surface area contributed by atoms with Crippen LogP contribution >= 0.6 is 22.6 Å². The Balaban J connectivity index is 2.24. The summed E-state index contributed by atoms with van der Waals surface area (Å²) in [6.07, 6.45) is -3.41. The van der Waals surface area contributed by atoms with Gasteiger partial charge in [0.15, 0.2) is 18.1 Å². The third kappa shape index (κ3) is 7.47. The van der Waals surface area contributed by atoms with Gasteiger partial charge in [-0.3, -0.25) is 15.5 Å². The second-order valence-electron chi connectivity index (χ2n) is 6.21. The summed E-state index contributed by atoms with van der Waals surface area (Å²) in [6.45, 7) is 3.65. The average Bonchev–Trinajstić information content (AvgIpc) is 2.73. The number of ether oxygens (including phenoxy) is 3. The molecule has 0 fully saturated rings. The first-order valence-corrected chi connectivity index (χ1v) is 10.5. The van der Waals surface area contributed by atoms with Crippen LogP contribution in [-0.4, -0.2) is 36.9 Å². The van der Waals surface area contributed by atoms with E-state index in [0.717, 1.165) is 12.1 Å². The Morgan fingerprint density at radius 1 is 1.21 bits per heavy atom. The monoisotopic (exact) mass is 581 g/mol. The lowest BCUT2D eigenvalue weighted by Crippen LogP contribution is -2.15. The predicted molar refractivity (Wildman–Crippen MR) is 122 cm³/mol. The predicted octanol–water partition coefficient (Wildman–Crippen LogP) is 5.00. The van der Waals surface area contributed by atoms with Crippen LogP contribution in [0, 0.1) is 13.7 Å². The molecule has 0 bridgehead atoms. The van der Waals surface area contributed by atoms with Gasteiger partial charge in [0.25, 0.3) is 5.69 Å². The Morgan fingerprint density at radius 3 is 2.55 bits per heavy atom. The number of carbonyl (C=O) groups is 1. The van der Waals surface area contributed by atoms with Crippen molar-refractivity contribution in [2.24, 2.45) is 5.10 Å². The highest BCUT2D eigenvalue weighted by molar-refractivity contribution is 14.1. The Hall–Kier alpha value is -3.10. The fourth-order valence-corrected chi connectivity index (χ4v) is 3.31. The Morgan fingerprint density at radius 2 is 1.94 bits per heavy atom. The van der Waals surface area contributed by atoms with Gasteiger partial charge in [-0.05, 0) is 66.3 Å². The van der Waals surface area contributed by atoms with E-state index in [1.807, 2.05) is 22.6 Å². The normalized spacial score (nSPS) is 11.3. The number of hydrazone groups is 1. The minimum absolute atomic E-state index is 0.210. The van der Waals surface area contributed by atoms with Crippen LogP contribution in [0.1, 0.15) is 25.0 Å². The molecule has 0 atom stereocenters. The highest BCUT2D eigenvalue weighted by atomic mass is 127. The van der Waals surface area contributed by atoms with Crippen molar-refractivity contribution in [1.82, 2.24) is 0 Å². The lowest BCUT2D eigenvalue weighted by molar-refractivity contribution is -0.384. The van der Waals surface area contributed by atoms with Crippen molar-refractivity contribution in [3.05, 3.63) is 55.1 Å². The standard InChI is InChI=1S/C20H19F3IN3O6/c1-3-31-17-8-12(7-14(24)19(17)33-11-18(28)32-4-2)10-25-26-15-6-5-13(20(21,22)23)9-16(15)27(29)30/h5-10,26H,3-4,11H2,1-2H3/b25-10-. The molecule has 0 amide bonds. The average molecular weight is 581 g/mol. The van der Waals surface area contributed by atoms with Gasteiger partial charge in [0.2, 0.25) is 0 Å². The Labute approximate surface area is 200 Å². The number of hydrogen-bond acceptors (Lipinski definition) is 8. The molecular weight excluding hydrogens is 562 g/mol. The molecular formula is C20H19F3IN3O6. The van der Waals surface area contributed by atoms with E-state index < -0.39 is 28.3 Å². The van der Waals surface area contributed by atoms with Crippen molar-refractivity contribution in [2.75, 3.05) is 25.2 Å². The summed E-state index contributed by atoms with van der Waals surface area (Å²) in [5, 5.41) is 15.0. The molecule has 2 aromatic rings. The van der Waals surface area contributed by atoms with E-state index in [9.17, 15) is 28.1 Å². The molecule has 2 rings (SSSR count). The van der Waals surface area contributed by atoms with E-state index in [-0.39, 0.29) is 18.9 Å². The minimum atomic E-state index is -4.71. The van der Waals surface area contributed by atoms with E-state index in [1.165, 1.54) is 6.21 Å². The fourth-order valence-electron chi connectivity index (χ4n) is 2.53. The molecule has 0 saturated heterocycles. The van der Waals surface area contributed by atoms with Gasteiger partial charge in [-0.15, -0.1) is 0 Å². The third-order valence-electron chi connectivity index (χ3n) is 3.89. The number of nitrogens with one attached hydrogen (secondary N) is 1. The number of esters is 1. The lowest BCUT2D eigenvalue weighted by atomic mass is 10.1. The highest BCUT2D eigenvalue weighted by Gasteiger charge is 2.33. The molecule has 0 radical (unpaired) electrons. The van der Waals surface area contributed by atoms with Gasteiger partial charge >= 0.3 is 12.1 Å². The molecule has 0 aliphatic rings. The number of benzene rings is 2. The van der Waals surface area contributed by atoms with Crippen molar-refractivity contribution in [2.45, 2.75) is 20.0 Å². The fraction of sp³-hybridized carbons (Fsp3) is 0.300. The molecule has 0 aromatic heterocycles. The van der Waals surface area contributed by atoms with Crippen LogP contribution in [0.3, 0.4) is 0 Å². The molecule has 0 saturated carbocycles. The largest absolute Gasteiger partial charge is 0.490 e. The minimum Gasteiger partial charge on any atom is -0.490 e. The van der Waals surface area contributed by atoms with E-state index in [0.29, 0.717) is 33.3 Å². The van der Waals surface area contributed by atoms with Gasteiger partial charge in [-0.1, -0.05) is 0 Å².